The number of rotatable bonds is 3. The van der Waals surface area contributed by atoms with E-state index < -0.39 is 0 Å². The Labute approximate surface area is 132 Å². The number of benzene rings is 1. The fraction of sp³-hybridized carbons (Fsp3) is 0.500. The summed E-state index contributed by atoms with van der Waals surface area (Å²) in [5.74, 6) is 1.08. The van der Waals surface area contributed by atoms with Crippen molar-refractivity contribution in [2.75, 3.05) is 26.2 Å². The second-order valence-corrected chi connectivity index (χ2v) is 6.53. The molecule has 0 saturated carbocycles. The molecule has 4 rings (SSSR count). The lowest BCUT2D eigenvalue weighted by molar-refractivity contribution is 0.200. The molecule has 0 spiro atoms. The van der Waals surface area contributed by atoms with Gasteiger partial charge in [-0.1, -0.05) is 24.3 Å². The number of aromatic amines is 1. The first-order chi connectivity index (χ1) is 10.9. The normalized spacial score (nSPS) is 20.9. The number of imidazole rings is 1. The lowest BCUT2D eigenvalue weighted by Gasteiger charge is -2.27. The molecule has 1 aromatic carbocycles. The lowest BCUT2D eigenvalue weighted by atomic mass is 10.1. The van der Waals surface area contributed by atoms with Crippen molar-refractivity contribution in [2.24, 2.45) is 0 Å². The molecule has 0 bridgehead atoms. The van der Waals surface area contributed by atoms with Crippen molar-refractivity contribution in [3.05, 3.63) is 53.6 Å². The van der Waals surface area contributed by atoms with Gasteiger partial charge < -0.3 is 4.98 Å². The summed E-state index contributed by atoms with van der Waals surface area (Å²) in [5.41, 5.74) is 3.12. The summed E-state index contributed by atoms with van der Waals surface area (Å²) in [6.07, 6.45) is 7.47. The van der Waals surface area contributed by atoms with Gasteiger partial charge in [-0.3, -0.25) is 9.80 Å². The molecule has 1 N–H and O–H groups in total. The van der Waals surface area contributed by atoms with Gasteiger partial charge in [0.2, 0.25) is 0 Å². The van der Waals surface area contributed by atoms with Crippen LogP contribution in [0.25, 0.3) is 0 Å². The van der Waals surface area contributed by atoms with Gasteiger partial charge in [-0.15, -0.1) is 0 Å². The third-order valence-corrected chi connectivity index (χ3v) is 5.10. The highest BCUT2D eigenvalue weighted by molar-refractivity contribution is 5.33. The lowest BCUT2D eigenvalue weighted by Crippen LogP contribution is -2.38. The standard InChI is InChI=1S/C18H24N4/c1-2-5-16-13-17(12-15(16)4-1)22-9-3-8-21(10-11-22)14-18-19-6-7-20-18/h1-2,4-7,17H,3,8-14H2,(H,19,20). The SMILES string of the molecule is c1ccc2c(c1)CC(N1CCCN(Cc3ncc[nH]3)CC1)C2. The highest BCUT2D eigenvalue weighted by Crippen LogP contribution is 2.26. The molecular formula is C18H24N4. The van der Waals surface area contributed by atoms with Crippen LogP contribution in [0.2, 0.25) is 0 Å². The molecule has 0 radical (unpaired) electrons. The first kappa shape index (κ1) is 14.0. The minimum absolute atomic E-state index is 0.709. The predicted octanol–water partition coefficient (Wildman–Crippen LogP) is 2.08. The Morgan fingerprint density at radius 3 is 2.59 bits per heavy atom. The van der Waals surface area contributed by atoms with E-state index in [9.17, 15) is 0 Å². The molecule has 1 saturated heterocycles. The van der Waals surface area contributed by atoms with Gasteiger partial charge in [-0.2, -0.15) is 0 Å². The average Bonchev–Trinajstić information content (AvgIpc) is 3.13. The minimum atomic E-state index is 0.709. The molecule has 2 aromatic rings. The highest BCUT2D eigenvalue weighted by Gasteiger charge is 2.27. The smallest absolute Gasteiger partial charge is 0.120 e. The highest BCUT2D eigenvalue weighted by atomic mass is 15.2. The molecule has 4 nitrogen and oxygen atoms in total. The molecule has 1 aliphatic heterocycles. The zero-order chi connectivity index (χ0) is 14.8. The van der Waals surface area contributed by atoms with Gasteiger partial charge in [0.25, 0.3) is 0 Å². The maximum atomic E-state index is 4.35. The van der Waals surface area contributed by atoms with E-state index in [0.29, 0.717) is 6.04 Å². The van der Waals surface area contributed by atoms with Crippen LogP contribution in [-0.4, -0.2) is 52.0 Å². The Kier molecular flexibility index (Phi) is 3.95. The topological polar surface area (TPSA) is 35.2 Å². The summed E-state index contributed by atoms with van der Waals surface area (Å²) in [6.45, 7) is 5.68. The number of nitrogens with zero attached hydrogens (tertiary/aromatic N) is 3. The Balaban J connectivity index is 1.35. The molecule has 1 fully saturated rings. The molecule has 1 aliphatic carbocycles. The molecule has 2 heterocycles. The van der Waals surface area contributed by atoms with E-state index in [1.807, 2.05) is 12.4 Å². The van der Waals surface area contributed by atoms with Crippen molar-refractivity contribution < 1.29 is 0 Å². The second-order valence-electron chi connectivity index (χ2n) is 6.53. The van der Waals surface area contributed by atoms with Crippen LogP contribution in [-0.2, 0) is 19.4 Å². The van der Waals surface area contributed by atoms with Crippen LogP contribution in [0.4, 0.5) is 0 Å². The zero-order valence-electron chi connectivity index (χ0n) is 13.0. The quantitative estimate of drug-likeness (QED) is 0.942. The molecule has 2 aliphatic rings. The van der Waals surface area contributed by atoms with Crippen molar-refractivity contribution in [1.29, 1.82) is 0 Å². The first-order valence-electron chi connectivity index (χ1n) is 8.40. The first-order valence-corrected chi connectivity index (χ1v) is 8.40. The maximum absolute atomic E-state index is 4.35. The monoisotopic (exact) mass is 296 g/mol. The Hall–Kier alpha value is -1.65. The summed E-state index contributed by atoms with van der Waals surface area (Å²) in [5, 5.41) is 0. The third-order valence-electron chi connectivity index (χ3n) is 5.10. The number of hydrogen-bond donors (Lipinski definition) is 1. The fourth-order valence-corrected chi connectivity index (χ4v) is 3.90. The van der Waals surface area contributed by atoms with E-state index in [1.165, 1.54) is 38.9 Å². The van der Waals surface area contributed by atoms with Crippen LogP contribution >= 0.6 is 0 Å². The molecule has 0 amide bonds. The molecule has 1 aromatic heterocycles. The number of hydrogen-bond acceptors (Lipinski definition) is 3. The minimum Gasteiger partial charge on any atom is -0.348 e. The van der Waals surface area contributed by atoms with Crippen LogP contribution in [0, 0.1) is 0 Å². The number of aromatic nitrogens is 2. The summed E-state index contributed by atoms with van der Waals surface area (Å²) in [7, 11) is 0. The van der Waals surface area contributed by atoms with E-state index >= 15 is 0 Å². The van der Waals surface area contributed by atoms with E-state index in [-0.39, 0.29) is 0 Å². The maximum Gasteiger partial charge on any atom is 0.120 e. The van der Waals surface area contributed by atoms with Gasteiger partial charge >= 0.3 is 0 Å². The van der Waals surface area contributed by atoms with Crippen LogP contribution in [0.1, 0.15) is 23.4 Å². The van der Waals surface area contributed by atoms with Gasteiger partial charge in [-0.25, -0.2) is 4.98 Å². The summed E-state index contributed by atoms with van der Waals surface area (Å²) >= 11 is 0. The Morgan fingerprint density at radius 1 is 1.05 bits per heavy atom. The largest absolute Gasteiger partial charge is 0.348 e. The molecule has 0 atom stereocenters. The average molecular weight is 296 g/mol. The second kappa shape index (κ2) is 6.23. The molecule has 116 valence electrons. The van der Waals surface area contributed by atoms with Gasteiger partial charge in [0.15, 0.2) is 0 Å². The zero-order valence-corrected chi connectivity index (χ0v) is 13.0. The van der Waals surface area contributed by atoms with Crippen LogP contribution in [0.5, 0.6) is 0 Å². The van der Waals surface area contributed by atoms with Gasteiger partial charge in [0.05, 0.1) is 6.54 Å². The Morgan fingerprint density at radius 2 is 1.86 bits per heavy atom. The summed E-state index contributed by atoms with van der Waals surface area (Å²) in [6, 6.07) is 9.66. The van der Waals surface area contributed by atoms with E-state index in [4.69, 9.17) is 0 Å². The van der Waals surface area contributed by atoms with Gasteiger partial charge in [-0.05, 0) is 43.5 Å². The van der Waals surface area contributed by atoms with Crippen molar-refractivity contribution in [1.82, 2.24) is 19.8 Å². The van der Waals surface area contributed by atoms with Crippen LogP contribution < -0.4 is 0 Å². The summed E-state index contributed by atoms with van der Waals surface area (Å²) < 4.78 is 0. The molecule has 4 heteroatoms. The number of fused-ring (bicyclic) bond motifs is 1. The number of H-pyrrole nitrogens is 1. The number of nitrogens with one attached hydrogen (secondary N) is 1. The van der Waals surface area contributed by atoms with Crippen molar-refractivity contribution in [3.8, 4) is 0 Å². The molecule has 22 heavy (non-hydrogen) atoms. The summed E-state index contributed by atoms with van der Waals surface area (Å²) in [4.78, 5) is 12.8. The van der Waals surface area contributed by atoms with Gasteiger partial charge in [0, 0.05) is 31.5 Å². The van der Waals surface area contributed by atoms with E-state index in [0.717, 1.165) is 18.9 Å². The Bertz CT molecular complexity index is 582. The fourth-order valence-electron chi connectivity index (χ4n) is 3.90. The molecular weight excluding hydrogens is 272 g/mol. The van der Waals surface area contributed by atoms with E-state index in [2.05, 4.69) is 44.0 Å². The van der Waals surface area contributed by atoms with Crippen molar-refractivity contribution in [3.63, 3.8) is 0 Å². The molecule has 0 unspecified atom stereocenters. The van der Waals surface area contributed by atoms with Crippen LogP contribution in [0.3, 0.4) is 0 Å². The third kappa shape index (κ3) is 2.94. The van der Waals surface area contributed by atoms with Crippen LogP contribution in [0.15, 0.2) is 36.7 Å². The van der Waals surface area contributed by atoms with Crippen molar-refractivity contribution >= 4 is 0 Å². The van der Waals surface area contributed by atoms with Crippen molar-refractivity contribution in [2.45, 2.75) is 31.8 Å². The van der Waals surface area contributed by atoms with E-state index in [1.54, 1.807) is 11.1 Å². The van der Waals surface area contributed by atoms with Gasteiger partial charge in [0.1, 0.15) is 5.82 Å². The predicted molar refractivity (Wildman–Crippen MR) is 87.7 cm³/mol.